The summed E-state index contributed by atoms with van der Waals surface area (Å²) in [6.07, 6.45) is 2.51. The zero-order valence-corrected chi connectivity index (χ0v) is 7.80. The van der Waals surface area contributed by atoms with E-state index in [-0.39, 0.29) is 12.2 Å². The van der Waals surface area contributed by atoms with Crippen molar-refractivity contribution >= 4 is 11.8 Å². The zero-order chi connectivity index (χ0) is 10.1. The molecule has 0 spiro atoms. The highest BCUT2D eigenvalue weighted by atomic mass is 16.4. The minimum atomic E-state index is -0.821. The lowest BCUT2D eigenvalue weighted by Gasteiger charge is -1.88. The van der Waals surface area contributed by atoms with Gasteiger partial charge in [0.1, 0.15) is 5.78 Å². The third kappa shape index (κ3) is 10.7. The number of hydrogen-bond donors (Lipinski definition) is 1. The van der Waals surface area contributed by atoms with Gasteiger partial charge in [0, 0.05) is 19.3 Å². The number of hydrogen-bond acceptors (Lipinski definition) is 2. The standard InChI is InChI=1S/C10H14O3/c1-9(11)7-5-3-2-4-6-8-10(12)13/h3,5-8H2,1H3,(H,12,13). The smallest absolute Gasteiger partial charge is 0.304 e. The molecule has 1 N–H and O–H groups in total. The van der Waals surface area contributed by atoms with Gasteiger partial charge < -0.3 is 9.90 Å². The molecule has 0 heterocycles. The van der Waals surface area contributed by atoms with Crippen LogP contribution in [0.15, 0.2) is 0 Å². The fourth-order valence-corrected chi connectivity index (χ4v) is 0.772. The number of carboxylic acid groups (broad SMARTS) is 1. The second kappa shape index (κ2) is 7.35. The lowest BCUT2D eigenvalue weighted by molar-refractivity contribution is -0.136. The number of carboxylic acids is 1. The molecule has 3 heteroatoms. The van der Waals surface area contributed by atoms with Crippen LogP contribution in [0.5, 0.6) is 0 Å². The van der Waals surface area contributed by atoms with Gasteiger partial charge in [0.2, 0.25) is 0 Å². The van der Waals surface area contributed by atoms with Crippen LogP contribution in [-0.4, -0.2) is 16.9 Å². The molecule has 0 radical (unpaired) electrons. The van der Waals surface area contributed by atoms with Crippen molar-refractivity contribution in [1.82, 2.24) is 0 Å². The van der Waals surface area contributed by atoms with E-state index in [1.165, 1.54) is 0 Å². The zero-order valence-electron chi connectivity index (χ0n) is 7.80. The normalized spacial score (nSPS) is 8.69. The largest absolute Gasteiger partial charge is 0.481 e. The van der Waals surface area contributed by atoms with Gasteiger partial charge in [0.05, 0.1) is 6.42 Å². The van der Waals surface area contributed by atoms with Crippen LogP contribution in [0, 0.1) is 11.8 Å². The summed E-state index contributed by atoms with van der Waals surface area (Å²) in [6.45, 7) is 1.55. The van der Waals surface area contributed by atoms with E-state index in [2.05, 4.69) is 11.8 Å². The molecule has 0 bridgehead atoms. The first-order valence-corrected chi connectivity index (χ1v) is 4.30. The lowest BCUT2D eigenvalue weighted by atomic mass is 10.2. The van der Waals surface area contributed by atoms with E-state index in [0.29, 0.717) is 19.3 Å². The molecular weight excluding hydrogens is 168 g/mol. The van der Waals surface area contributed by atoms with Crippen LogP contribution in [0.3, 0.4) is 0 Å². The SMILES string of the molecule is CC(=O)CCCC#CCCC(=O)O. The highest BCUT2D eigenvalue weighted by Crippen LogP contribution is 1.94. The Labute approximate surface area is 78.1 Å². The summed E-state index contributed by atoms with van der Waals surface area (Å²) in [4.78, 5) is 20.6. The van der Waals surface area contributed by atoms with Crippen molar-refractivity contribution in [3.8, 4) is 11.8 Å². The number of aliphatic carboxylic acids is 1. The second-order valence-corrected chi connectivity index (χ2v) is 2.80. The number of ketones is 1. The van der Waals surface area contributed by atoms with Crippen molar-refractivity contribution in [2.24, 2.45) is 0 Å². The number of carbonyl (C=O) groups is 2. The Kier molecular flexibility index (Phi) is 6.62. The van der Waals surface area contributed by atoms with Gasteiger partial charge in [-0.05, 0) is 13.3 Å². The van der Waals surface area contributed by atoms with Crippen molar-refractivity contribution in [3.05, 3.63) is 0 Å². The summed E-state index contributed by atoms with van der Waals surface area (Å²) in [7, 11) is 0. The highest BCUT2D eigenvalue weighted by Gasteiger charge is 1.92. The summed E-state index contributed by atoms with van der Waals surface area (Å²) >= 11 is 0. The Hall–Kier alpha value is -1.30. The lowest BCUT2D eigenvalue weighted by Crippen LogP contribution is -1.91. The molecule has 3 nitrogen and oxygen atoms in total. The number of unbranched alkanes of at least 4 members (excludes halogenated alkanes) is 1. The van der Waals surface area contributed by atoms with Crippen LogP contribution in [0.25, 0.3) is 0 Å². The molecule has 0 unspecified atom stereocenters. The summed E-state index contributed by atoms with van der Waals surface area (Å²) < 4.78 is 0. The molecule has 0 aliphatic rings. The van der Waals surface area contributed by atoms with E-state index in [1.54, 1.807) is 6.92 Å². The molecule has 0 fully saturated rings. The van der Waals surface area contributed by atoms with Crippen molar-refractivity contribution in [2.75, 3.05) is 0 Å². The van der Waals surface area contributed by atoms with Gasteiger partial charge in [-0.15, -0.1) is 11.8 Å². The molecule has 0 aliphatic carbocycles. The second-order valence-electron chi connectivity index (χ2n) is 2.80. The van der Waals surface area contributed by atoms with Crippen LogP contribution < -0.4 is 0 Å². The fourth-order valence-electron chi connectivity index (χ4n) is 0.772. The summed E-state index contributed by atoms with van der Waals surface area (Å²) in [5.41, 5.74) is 0. The molecule has 0 saturated carbocycles. The van der Waals surface area contributed by atoms with Crippen LogP contribution in [0.2, 0.25) is 0 Å². The molecule has 0 atom stereocenters. The van der Waals surface area contributed by atoms with Gasteiger partial charge in [0.15, 0.2) is 0 Å². The summed E-state index contributed by atoms with van der Waals surface area (Å²) in [6, 6.07) is 0. The van der Waals surface area contributed by atoms with Crippen LogP contribution in [0.1, 0.15) is 39.0 Å². The molecule has 72 valence electrons. The van der Waals surface area contributed by atoms with Crippen LogP contribution in [0.4, 0.5) is 0 Å². The molecule has 0 amide bonds. The molecule has 0 aromatic heterocycles. The molecule has 0 saturated heterocycles. The molecule has 0 aromatic rings. The van der Waals surface area contributed by atoms with E-state index >= 15 is 0 Å². The molecular formula is C10H14O3. The van der Waals surface area contributed by atoms with Gasteiger partial charge in [-0.25, -0.2) is 0 Å². The van der Waals surface area contributed by atoms with Gasteiger partial charge in [-0.1, -0.05) is 0 Å². The maximum absolute atomic E-state index is 10.5. The third-order valence-electron chi connectivity index (χ3n) is 1.42. The summed E-state index contributed by atoms with van der Waals surface area (Å²) in [5, 5.41) is 8.28. The van der Waals surface area contributed by atoms with Gasteiger partial charge >= 0.3 is 5.97 Å². The van der Waals surface area contributed by atoms with E-state index < -0.39 is 5.97 Å². The van der Waals surface area contributed by atoms with E-state index in [4.69, 9.17) is 5.11 Å². The van der Waals surface area contributed by atoms with Crippen molar-refractivity contribution < 1.29 is 14.7 Å². The van der Waals surface area contributed by atoms with Crippen LogP contribution in [-0.2, 0) is 9.59 Å². The Balaban J connectivity index is 3.30. The average molecular weight is 182 g/mol. The van der Waals surface area contributed by atoms with Gasteiger partial charge in [-0.2, -0.15) is 0 Å². The predicted octanol–water partition coefficient (Wildman–Crippen LogP) is 1.61. The Morgan fingerprint density at radius 1 is 1.15 bits per heavy atom. The minimum Gasteiger partial charge on any atom is -0.481 e. The third-order valence-corrected chi connectivity index (χ3v) is 1.42. The Morgan fingerprint density at radius 2 is 1.77 bits per heavy atom. The number of rotatable bonds is 5. The van der Waals surface area contributed by atoms with E-state index in [1.807, 2.05) is 0 Å². The van der Waals surface area contributed by atoms with Crippen molar-refractivity contribution in [1.29, 1.82) is 0 Å². The monoisotopic (exact) mass is 182 g/mol. The van der Waals surface area contributed by atoms with Crippen molar-refractivity contribution in [3.63, 3.8) is 0 Å². The molecule has 13 heavy (non-hydrogen) atoms. The van der Waals surface area contributed by atoms with Crippen LogP contribution >= 0.6 is 0 Å². The first kappa shape index (κ1) is 11.7. The molecule has 0 aromatic carbocycles. The number of Topliss-reactive ketones (excluding diaryl/α,β-unsaturated/α-hetero) is 1. The number of carbonyl (C=O) groups excluding carboxylic acids is 1. The Morgan fingerprint density at radius 3 is 2.31 bits per heavy atom. The summed E-state index contributed by atoms with van der Waals surface area (Å²) in [5.74, 6) is 4.93. The van der Waals surface area contributed by atoms with E-state index in [9.17, 15) is 9.59 Å². The first-order chi connectivity index (χ1) is 6.13. The first-order valence-electron chi connectivity index (χ1n) is 4.30. The Bertz CT molecular complexity index is 232. The van der Waals surface area contributed by atoms with Gasteiger partial charge in [0.25, 0.3) is 0 Å². The fraction of sp³-hybridized carbons (Fsp3) is 0.600. The maximum Gasteiger partial charge on any atom is 0.304 e. The average Bonchev–Trinajstić information content (AvgIpc) is 2.01. The topological polar surface area (TPSA) is 54.4 Å². The van der Waals surface area contributed by atoms with Gasteiger partial charge in [-0.3, -0.25) is 4.79 Å². The minimum absolute atomic E-state index is 0.0969. The highest BCUT2D eigenvalue weighted by molar-refractivity contribution is 5.75. The predicted molar refractivity (Wildman–Crippen MR) is 49.2 cm³/mol. The van der Waals surface area contributed by atoms with E-state index in [0.717, 1.165) is 6.42 Å². The van der Waals surface area contributed by atoms with Crippen molar-refractivity contribution in [2.45, 2.75) is 39.0 Å². The molecule has 0 aliphatic heterocycles. The maximum atomic E-state index is 10.5. The molecule has 0 rings (SSSR count). The quantitative estimate of drug-likeness (QED) is 0.519.